The number of nitrogens with zero attached hydrogens (tertiary/aromatic N) is 2. The van der Waals surface area contributed by atoms with Crippen LogP contribution >= 0.6 is 0 Å². The number of hydrogen-bond donors (Lipinski definition) is 1. The molecule has 0 unspecified atom stereocenters. The fraction of sp³-hybridized carbons (Fsp3) is 0.611. The molecular formula is C18H26N2O3. The molecule has 1 aromatic rings. The molecule has 0 radical (unpaired) electrons. The Hall–Kier alpha value is -1.43. The van der Waals surface area contributed by atoms with Gasteiger partial charge in [0, 0.05) is 26.7 Å². The van der Waals surface area contributed by atoms with Crippen molar-refractivity contribution >= 4 is 5.91 Å². The first-order valence-electron chi connectivity index (χ1n) is 8.33. The first-order chi connectivity index (χ1) is 11.0. The van der Waals surface area contributed by atoms with E-state index >= 15 is 0 Å². The summed E-state index contributed by atoms with van der Waals surface area (Å²) in [6.07, 6.45) is 2.07. The number of carbonyl (C=O) groups excluding carboxylic acids is 1. The van der Waals surface area contributed by atoms with Crippen molar-refractivity contribution in [1.29, 1.82) is 0 Å². The van der Waals surface area contributed by atoms with Gasteiger partial charge in [0.05, 0.1) is 17.7 Å². The van der Waals surface area contributed by atoms with Gasteiger partial charge in [0.2, 0.25) is 5.91 Å². The molecule has 2 aliphatic heterocycles. The minimum absolute atomic E-state index is 0.0946. The highest BCUT2D eigenvalue weighted by molar-refractivity contribution is 5.82. The maximum atomic E-state index is 12.8. The Labute approximate surface area is 137 Å². The van der Waals surface area contributed by atoms with Crippen LogP contribution in [-0.4, -0.2) is 66.8 Å². The molecule has 5 heteroatoms. The normalized spacial score (nSPS) is 28.0. The highest BCUT2D eigenvalue weighted by Gasteiger charge is 2.40. The lowest BCUT2D eigenvalue weighted by Gasteiger charge is -2.40. The van der Waals surface area contributed by atoms with Crippen LogP contribution in [0.1, 0.15) is 24.8 Å². The van der Waals surface area contributed by atoms with Crippen LogP contribution in [0.25, 0.3) is 0 Å². The Bertz CT molecular complexity index is 540. The van der Waals surface area contributed by atoms with E-state index < -0.39 is 5.60 Å². The van der Waals surface area contributed by atoms with Crippen LogP contribution in [0.3, 0.4) is 0 Å². The number of likely N-dealkylation sites (tertiary alicyclic amines) is 2. The summed E-state index contributed by atoms with van der Waals surface area (Å²) >= 11 is 0. The number of hydrogen-bond acceptors (Lipinski definition) is 4. The third kappa shape index (κ3) is 3.27. The third-order valence-electron chi connectivity index (χ3n) is 5.34. The second kappa shape index (κ2) is 6.59. The van der Waals surface area contributed by atoms with Gasteiger partial charge in [0.25, 0.3) is 0 Å². The maximum Gasteiger partial charge on any atom is 0.240 e. The van der Waals surface area contributed by atoms with Crippen molar-refractivity contribution in [3.63, 3.8) is 0 Å². The Kier molecular flexibility index (Phi) is 4.71. The topological polar surface area (TPSA) is 53.0 Å². The molecule has 126 valence electrons. The van der Waals surface area contributed by atoms with Gasteiger partial charge >= 0.3 is 0 Å². The lowest BCUT2D eigenvalue weighted by molar-refractivity contribution is -0.140. The summed E-state index contributed by atoms with van der Waals surface area (Å²) in [5.41, 5.74) is 0.138. The molecule has 23 heavy (non-hydrogen) atoms. The molecule has 0 aromatic heterocycles. The van der Waals surface area contributed by atoms with Gasteiger partial charge in [-0.25, -0.2) is 0 Å². The van der Waals surface area contributed by atoms with Crippen molar-refractivity contribution in [3.8, 4) is 0 Å². The van der Waals surface area contributed by atoms with Crippen LogP contribution in [0.4, 0.5) is 0 Å². The molecule has 2 fully saturated rings. The zero-order valence-electron chi connectivity index (χ0n) is 13.9. The fourth-order valence-electron chi connectivity index (χ4n) is 3.76. The minimum atomic E-state index is -0.811. The van der Waals surface area contributed by atoms with Crippen LogP contribution in [0, 0.1) is 0 Å². The summed E-state index contributed by atoms with van der Waals surface area (Å²) in [5, 5.41) is 10.9. The van der Waals surface area contributed by atoms with E-state index in [-0.39, 0.29) is 18.1 Å². The summed E-state index contributed by atoms with van der Waals surface area (Å²) in [7, 11) is 3.68. The van der Waals surface area contributed by atoms with Crippen molar-refractivity contribution in [3.05, 3.63) is 35.9 Å². The first-order valence-corrected chi connectivity index (χ1v) is 8.33. The van der Waals surface area contributed by atoms with E-state index in [2.05, 4.69) is 4.90 Å². The van der Waals surface area contributed by atoms with Crippen LogP contribution in [-0.2, 0) is 15.1 Å². The molecule has 3 rings (SSSR count). The molecular weight excluding hydrogens is 292 g/mol. The average Bonchev–Trinajstić information content (AvgIpc) is 2.97. The van der Waals surface area contributed by atoms with E-state index in [1.165, 1.54) is 0 Å². The largest absolute Gasteiger partial charge is 0.385 e. The predicted octanol–water partition coefficient (Wildman–Crippen LogP) is 1.22. The molecule has 1 amide bonds. The molecule has 1 aromatic carbocycles. The van der Waals surface area contributed by atoms with Crippen LogP contribution in [0.15, 0.2) is 30.3 Å². The standard InChI is InChI=1S/C18H26N2O3/c1-19-13-15(23-2)12-16(19)17(21)20-10-8-18(22,9-11-20)14-6-4-3-5-7-14/h3-7,15-16,22H,8-13H2,1-2H3/t15-,16-/m0/s1. The van der Waals surface area contributed by atoms with Gasteiger partial charge in [-0.2, -0.15) is 0 Å². The van der Waals surface area contributed by atoms with E-state index in [4.69, 9.17) is 4.74 Å². The summed E-state index contributed by atoms with van der Waals surface area (Å²) < 4.78 is 5.39. The van der Waals surface area contributed by atoms with Crippen LogP contribution in [0.2, 0.25) is 0 Å². The van der Waals surface area contributed by atoms with Gasteiger partial charge in [-0.1, -0.05) is 30.3 Å². The van der Waals surface area contributed by atoms with Crippen molar-refractivity contribution in [2.75, 3.05) is 33.8 Å². The lowest BCUT2D eigenvalue weighted by atomic mass is 9.84. The van der Waals surface area contributed by atoms with E-state index in [0.717, 1.165) is 18.5 Å². The number of aliphatic hydroxyl groups is 1. The summed E-state index contributed by atoms with van der Waals surface area (Å²) in [6, 6.07) is 9.68. The molecule has 5 nitrogen and oxygen atoms in total. The number of amides is 1. The number of likely N-dealkylation sites (N-methyl/N-ethyl adjacent to an activating group) is 1. The second-order valence-corrected chi connectivity index (χ2v) is 6.77. The van der Waals surface area contributed by atoms with Gasteiger partial charge in [-0.05, 0) is 31.9 Å². The smallest absolute Gasteiger partial charge is 0.240 e. The summed E-state index contributed by atoms with van der Waals surface area (Å²) in [6.45, 7) is 2.01. The maximum absolute atomic E-state index is 12.8. The third-order valence-corrected chi connectivity index (χ3v) is 5.34. The predicted molar refractivity (Wildman–Crippen MR) is 88.0 cm³/mol. The zero-order chi connectivity index (χ0) is 16.4. The van der Waals surface area contributed by atoms with E-state index in [0.29, 0.717) is 25.9 Å². The minimum Gasteiger partial charge on any atom is -0.385 e. The first kappa shape index (κ1) is 16.4. The lowest BCUT2D eigenvalue weighted by Crippen LogP contribution is -2.50. The van der Waals surface area contributed by atoms with Crippen molar-refractivity contribution in [2.24, 2.45) is 0 Å². The van der Waals surface area contributed by atoms with Gasteiger partial charge in [-0.15, -0.1) is 0 Å². The van der Waals surface area contributed by atoms with E-state index in [9.17, 15) is 9.90 Å². The number of piperidine rings is 1. The molecule has 2 aliphatic rings. The number of ether oxygens (including phenoxy) is 1. The molecule has 0 bridgehead atoms. The summed E-state index contributed by atoms with van der Waals surface area (Å²) in [4.78, 5) is 16.7. The van der Waals surface area contributed by atoms with Crippen LogP contribution < -0.4 is 0 Å². The van der Waals surface area contributed by atoms with Crippen molar-refractivity contribution < 1.29 is 14.6 Å². The molecule has 2 saturated heterocycles. The highest BCUT2D eigenvalue weighted by atomic mass is 16.5. The van der Waals surface area contributed by atoms with Crippen LogP contribution in [0.5, 0.6) is 0 Å². The van der Waals surface area contributed by atoms with Gasteiger partial charge in [0.15, 0.2) is 0 Å². The Morgan fingerprint density at radius 3 is 2.48 bits per heavy atom. The Balaban J connectivity index is 1.62. The number of benzene rings is 1. The molecule has 0 aliphatic carbocycles. The number of methoxy groups -OCH3 is 1. The average molecular weight is 318 g/mol. The van der Waals surface area contributed by atoms with Gasteiger partial charge in [-0.3, -0.25) is 9.69 Å². The van der Waals surface area contributed by atoms with Gasteiger partial charge in [0.1, 0.15) is 0 Å². The van der Waals surface area contributed by atoms with Crippen molar-refractivity contribution in [1.82, 2.24) is 9.80 Å². The fourth-order valence-corrected chi connectivity index (χ4v) is 3.76. The van der Waals surface area contributed by atoms with Gasteiger partial charge < -0.3 is 14.7 Å². The SMILES string of the molecule is CO[C@H]1C[C@@H](C(=O)N2CCC(O)(c3ccccc3)CC2)N(C)C1. The second-order valence-electron chi connectivity index (χ2n) is 6.77. The number of rotatable bonds is 3. The molecule has 1 N–H and O–H groups in total. The molecule has 0 saturated carbocycles. The molecule has 2 heterocycles. The Morgan fingerprint density at radius 1 is 1.26 bits per heavy atom. The highest BCUT2D eigenvalue weighted by Crippen LogP contribution is 2.33. The van der Waals surface area contributed by atoms with E-state index in [1.807, 2.05) is 42.3 Å². The quantitative estimate of drug-likeness (QED) is 0.910. The Morgan fingerprint density at radius 2 is 1.91 bits per heavy atom. The van der Waals surface area contributed by atoms with Crippen molar-refractivity contribution in [2.45, 2.75) is 37.0 Å². The monoisotopic (exact) mass is 318 g/mol. The van der Waals surface area contributed by atoms with E-state index in [1.54, 1.807) is 7.11 Å². The molecule has 0 spiro atoms. The summed E-state index contributed by atoms with van der Waals surface area (Å²) in [5.74, 6) is 0.169. The molecule has 2 atom stereocenters. The number of carbonyl (C=O) groups is 1. The zero-order valence-corrected chi connectivity index (χ0v) is 13.9.